The van der Waals surface area contributed by atoms with E-state index in [2.05, 4.69) is 0 Å². The minimum Gasteiger partial charge on any atom is -0.494 e. The first-order valence-electron chi connectivity index (χ1n) is 11.5. The number of carbonyl (C=O) groups excluding carboxylic acids is 2. The Labute approximate surface area is 198 Å². The van der Waals surface area contributed by atoms with Crippen LogP contribution in [0.2, 0.25) is 0 Å². The summed E-state index contributed by atoms with van der Waals surface area (Å²) in [5.41, 5.74) is 4.22. The van der Waals surface area contributed by atoms with Crippen LogP contribution >= 0.6 is 0 Å². The van der Waals surface area contributed by atoms with Gasteiger partial charge in [-0.25, -0.2) is 4.39 Å². The molecule has 0 aromatic heterocycles. The van der Waals surface area contributed by atoms with Gasteiger partial charge >= 0.3 is 0 Å². The van der Waals surface area contributed by atoms with Gasteiger partial charge in [0.05, 0.1) is 18.7 Å². The highest BCUT2D eigenvalue weighted by molar-refractivity contribution is 6.36. The standard InChI is InChI=1S/C28H25FN2O3/c1-2-17-34-23-13-9-21(10-14-23)25-26(30-16-15-20-5-3-4-6-24(20)30)28(33)31(27(25)32)18-19-7-11-22(29)12-8-19/h3-14H,2,15-18H2,1H3. The molecule has 2 heterocycles. The van der Waals surface area contributed by atoms with Crippen LogP contribution in [0, 0.1) is 5.82 Å². The molecule has 3 aromatic rings. The number of hydrogen-bond acceptors (Lipinski definition) is 4. The van der Waals surface area contributed by atoms with Crippen molar-refractivity contribution in [3.05, 3.63) is 101 Å². The summed E-state index contributed by atoms with van der Waals surface area (Å²) in [5, 5.41) is 0. The van der Waals surface area contributed by atoms with Gasteiger partial charge in [-0.3, -0.25) is 14.5 Å². The molecular weight excluding hydrogens is 431 g/mol. The Bertz CT molecular complexity index is 1270. The molecule has 2 aliphatic rings. The Hall–Kier alpha value is -3.93. The highest BCUT2D eigenvalue weighted by Crippen LogP contribution is 2.39. The van der Waals surface area contributed by atoms with E-state index in [9.17, 15) is 14.0 Å². The maximum Gasteiger partial charge on any atom is 0.278 e. The number of anilines is 1. The average molecular weight is 457 g/mol. The Morgan fingerprint density at radius 2 is 1.65 bits per heavy atom. The molecule has 34 heavy (non-hydrogen) atoms. The molecule has 0 saturated carbocycles. The van der Waals surface area contributed by atoms with E-state index < -0.39 is 0 Å². The van der Waals surface area contributed by atoms with Crippen molar-refractivity contribution in [2.45, 2.75) is 26.3 Å². The summed E-state index contributed by atoms with van der Waals surface area (Å²) in [7, 11) is 0. The zero-order chi connectivity index (χ0) is 23.7. The number of ether oxygens (including phenoxy) is 1. The fourth-order valence-corrected chi connectivity index (χ4v) is 4.50. The Morgan fingerprint density at radius 3 is 2.38 bits per heavy atom. The minimum absolute atomic E-state index is 0.0815. The highest BCUT2D eigenvalue weighted by atomic mass is 19.1. The molecule has 5 nitrogen and oxygen atoms in total. The van der Waals surface area contributed by atoms with E-state index in [0.29, 0.717) is 35.5 Å². The fraction of sp³-hybridized carbons (Fsp3) is 0.214. The first kappa shape index (κ1) is 21.9. The molecule has 6 heteroatoms. The van der Waals surface area contributed by atoms with Gasteiger partial charge in [-0.05, 0) is 59.9 Å². The third-order valence-electron chi connectivity index (χ3n) is 6.17. The predicted molar refractivity (Wildman–Crippen MR) is 129 cm³/mol. The first-order valence-corrected chi connectivity index (χ1v) is 11.5. The number of fused-ring (bicyclic) bond motifs is 1. The van der Waals surface area contributed by atoms with Gasteiger partial charge in [0.2, 0.25) is 0 Å². The molecule has 0 N–H and O–H groups in total. The Morgan fingerprint density at radius 1 is 0.912 bits per heavy atom. The molecule has 0 spiro atoms. The number of benzene rings is 3. The number of para-hydroxylation sites is 1. The lowest BCUT2D eigenvalue weighted by molar-refractivity contribution is -0.137. The second kappa shape index (κ2) is 9.14. The summed E-state index contributed by atoms with van der Waals surface area (Å²) in [4.78, 5) is 30.5. The van der Waals surface area contributed by atoms with Crippen LogP contribution in [-0.2, 0) is 22.6 Å². The van der Waals surface area contributed by atoms with Crippen molar-refractivity contribution in [1.82, 2.24) is 4.90 Å². The zero-order valence-electron chi connectivity index (χ0n) is 19.0. The molecule has 2 aliphatic heterocycles. The third kappa shape index (κ3) is 3.96. The van der Waals surface area contributed by atoms with Gasteiger partial charge in [0.15, 0.2) is 0 Å². The molecule has 0 fully saturated rings. The van der Waals surface area contributed by atoms with Crippen molar-refractivity contribution in [1.29, 1.82) is 0 Å². The van der Waals surface area contributed by atoms with Crippen LogP contribution in [0.5, 0.6) is 5.75 Å². The van der Waals surface area contributed by atoms with Crippen LogP contribution in [-0.4, -0.2) is 29.9 Å². The number of hydrogen-bond donors (Lipinski definition) is 0. The summed E-state index contributed by atoms with van der Waals surface area (Å²) < 4.78 is 19.1. The van der Waals surface area contributed by atoms with Gasteiger partial charge in [0.25, 0.3) is 11.8 Å². The van der Waals surface area contributed by atoms with E-state index in [0.717, 1.165) is 29.8 Å². The van der Waals surface area contributed by atoms with E-state index >= 15 is 0 Å². The average Bonchev–Trinajstić information content (AvgIpc) is 3.38. The molecule has 0 bridgehead atoms. The maximum atomic E-state index is 13.7. The SMILES string of the molecule is CCCOc1ccc(C2=C(N3CCc4ccccc43)C(=O)N(Cc3ccc(F)cc3)C2=O)cc1. The highest BCUT2D eigenvalue weighted by Gasteiger charge is 2.43. The number of rotatable bonds is 7. The van der Waals surface area contributed by atoms with E-state index in [1.165, 1.54) is 17.0 Å². The second-order valence-electron chi connectivity index (χ2n) is 8.45. The molecule has 0 aliphatic carbocycles. The van der Waals surface area contributed by atoms with Gasteiger partial charge < -0.3 is 9.64 Å². The van der Waals surface area contributed by atoms with Crippen LogP contribution in [0.3, 0.4) is 0 Å². The smallest absolute Gasteiger partial charge is 0.278 e. The van der Waals surface area contributed by atoms with Crippen LogP contribution < -0.4 is 9.64 Å². The summed E-state index contributed by atoms with van der Waals surface area (Å²) in [6, 6.07) is 21.1. The Balaban J connectivity index is 1.55. The van der Waals surface area contributed by atoms with Crippen molar-refractivity contribution in [3.8, 4) is 5.75 Å². The molecule has 0 unspecified atom stereocenters. The van der Waals surface area contributed by atoms with Crippen LogP contribution in [0.4, 0.5) is 10.1 Å². The summed E-state index contributed by atoms with van der Waals surface area (Å²) in [5.74, 6) is -0.330. The lowest BCUT2D eigenvalue weighted by atomic mass is 10.0. The Kier molecular flexibility index (Phi) is 5.88. The third-order valence-corrected chi connectivity index (χ3v) is 6.17. The molecule has 0 atom stereocenters. The van der Waals surface area contributed by atoms with Gasteiger partial charge in [-0.2, -0.15) is 0 Å². The lowest BCUT2D eigenvalue weighted by Crippen LogP contribution is -2.34. The molecule has 5 rings (SSSR count). The predicted octanol–water partition coefficient (Wildman–Crippen LogP) is 4.96. The fourth-order valence-electron chi connectivity index (χ4n) is 4.50. The minimum atomic E-state index is -0.360. The molecule has 0 saturated heterocycles. The van der Waals surface area contributed by atoms with Crippen molar-refractivity contribution >= 4 is 23.1 Å². The summed E-state index contributed by atoms with van der Waals surface area (Å²) in [6.45, 7) is 3.36. The largest absolute Gasteiger partial charge is 0.494 e. The number of imide groups is 1. The van der Waals surface area contributed by atoms with Crippen LogP contribution in [0.25, 0.3) is 5.57 Å². The number of carbonyl (C=O) groups is 2. The number of halogens is 1. The van der Waals surface area contributed by atoms with Crippen LogP contribution in [0.15, 0.2) is 78.5 Å². The van der Waals surface area contributed by atoms with E-state index in [-0.39, 0.29) is 24.2 Å². The van der Waals surface area contributed by atoms with E-state index in [4.69, 9.17) is 4.74 Å². The first-order chi connectivity index (χ1) is 16.6. The van der Waals surface area contributed by atoms with E-state index in [1.807, 2.05) is 60.4 Å². The molecule has 172 valence electrons. The summed E-state index contributed by atoms with van der Waals surface area (Å²) >= 11 is 0. The molecular formula is C28H25FN2O3. The maximum absolute atomic E-state index is 13.7. The van der Waals surface area contributed by atoms with Gasteiger partial charge in [0.1, 0.15) is 17.3 Å². The van der Waals surface area contributed by atoms with Gasteiger partial charge in [0, 0.05) is 12.2 Å². The van der Waals surface area contributed by atoms with Crippen LogP contribution in [0.1, 0.15) is 30.0 Å². The van der Waals surface area contributed by atoms with Crippen molar-refractivity contribution in [2.24, 2.45) is 0 Å². The number of nitrogens with zero attached hydrogens (tertiary/aromatic N) is 2. The van der Waals surface area contributed by atoms with E-state index in [1.54, 1.807) is 12.1 Å². The van der Waals surface area contributed by atoms with Crippen molar-refractivity contribution in [2.75, 3.05) is 18.1 Å². The molecule has 2 amide bonds. The molecule has 0 radical (unpaired) electrons. The normalized spacial score (nSPS) is 15.4. The second-order valence-corrected chi connectivity index (χ2v) is 8.45. The number of amides is 2. The topological polar surface area (TPSA) is 49.9 Å². The quantitative estimate of drug-likeness (QED) is 0.472. The monoisotopic (exact) mass is 456 g/mol. The zero-order valence-corrected chi connectivity index (χ0v) is 19.0. The summed E-state index contributed by atoms with van der Waals surface area (Å²) in [6.07, 6.45) is 1.70. The van der Waals surface area contributed by atoms with Crippen molar-refractivity contribution < 1.29 is 18.7 Å². The lowest BCUT2D eigenvalue weighted by Gasteiger charge is -2.22. The van der Waals surface area contributed by atoms with Gasteiger partial charge in [-0.15, -0.1) is 0 Å². The van der Waals surface area contributed by atoms with Crippen molar-refractivity contribution in [3.63, 3.8) is 0 Å². The van der Waals surface area contributed by atoms with Gasteiger partial charge in [-0.1, -0.05) is 49.4 Å². The molecule has 3 aromatic carbocycles.